The number of hydrogen-bond acceptors (Lipinski definition) is 6. The minimum Gasteiger partial charge on any atom is -0.441 e. The third-order valence-corrected chi connectivity index (χ3v) is 5.11. The standard InChI is InChI=1S/C17H21N3O3S/c1-24-12-13-5-7-19(11-13)8-6-17-18-10-16(23-17)14-3-2-4-15(9-14)20(21)22/h2-4,9-10,13H,5-8,11-12H2,1H3/t13-/m0/s1. The molecule has 0 radical (unpaired) electrons. The third-order valence-electron chi connectivity index (χ3n) is 4.31. The van der Waals surface area contributed by atoms with Crippen molar-refractivity contribution >= 4 is 17.4 Å². The Balaban J connectivity index is 1.58. The summed E-state index contributed by atoms with van der Waals surface area (Å²) in [6.07, 6.45) is 5.84. The molecule has 1 aromatic heterocycles. The van der Waals surface area contributed by atoms with E-state index in [2.05, 4.69) is 16.1 Å². The fourth-order valence-corrected chi connectivity index (χ4v) is 3.82. The van der Waals surface area contributed by atoms with Crippen LogP contribution in [0, 0.1) is 16.0 Å². The molecule has 3 rings (SSSR count). The van der Waals surface area contributed by atoms with Crippen molar-refractivity contribution in [2.24, 2.45) is 5.92 Å². The summed E-state index contributed by atoms with van der Waals surface area (Å²) < 4.78 is 5.77. The first-order valence-corrected chi connectivity index (χ1v) is 9.46. The third kappa shape index (κ3) is 4.15. The molecule has 24 heavy (non-hydrogen) atoms. The van der Waals surface area contributed by atoms with E-state index >= 15 is 0 Å². The van der Waals surface area contributed by atoms with Gasteiger partial charge in [-0.05, 0) is 30.9 Å². The Morgan fingerprint density at radius 1 is 1.50 bits per heavy atom. The Kier molecular flexibility index (Phi) is 5.52. The highest BCUT2D eigenvalue weighted by Gasteiger charge is 2.22. The zero-order valence-electron chi connectivity index (χ0n) is 13.7. The molecule has 7 heteroatoms. The van der Waals surface area contributed by atoms with Crippen LogP contribution in [0.3, 0.4) is 0 Å². The first kappa shape index (κ1) is 17.0. The van der Waals surface area contributed by atoms with Crippen molar-refractivity contribution in [3.63, 3.8) is 0 Å². The van der Waals surface area contributed by atoms with Gasteiger partial charge in [0.2, 0.25) is 0 Å². The minimum atomic E-state index is -0.404. The summed E-state index contributed by atoms with van der Waals surface area (Å²) in [5, 5.41) is 10.9. The van der Waals surface area contributed by atoms with Crippen LogP contribution < -0.4 is 0 Å². The number of thioether (sulfide) groups is 1. The highest BCUT2D eigenvalue weighted by atomic mass is 32.2. The van der Waals surface area contributed by atoms with E-state index in [1.807, 2.05) is 11.8 Å². The van der Waals surface area contributed by atoms with E-state index in [0.29, 0.717) is 17.2 Å². The van der Waals surface area contributed by atoms with Gasteiger partial charge in [0.05, 0.1) is 11.1 Å². The largest absolute Gasteiger partial charge is 0.441 e. The zero-order valence-corrected chi connectivity index (χ0v) is 14.5. The van der Waals surface area contributed by atoms with Crippen molar-refractivity contribution in [2.45, 2.75) is 12.8 Å². The van der Waals surface area contributed by atoms with Crippen LogP contribution >= 0.6 is 11.8 Å². The van der Waals surface area contributed by atoms with E-state index in [-0.39, 0.29) is 5.69 Å². The van der Waals surface area contributed by atoms with Crippen molar-refractivity contribution in [3.05, 3.63) is 46.5 Å². The smallest absolute Gasteiger partial charge is 0.270 e. The highest BCUT2D eigenvalue weighted by Crippen LogP contribution is 2.25. The van der Waals surface area contributed by atoms with E-state index in [9.17, 15) is 10.1 Å². The van der Waals surface area contributed by atoms with Gasteiger partial charge in [-0.3, -0.25) is 10.1 Å². The summed E-state index contributed by atoms with van der Waals surface area (Å²) in [5.41, 5.74) is 0.742. The zero-order chi connectivity index (χ0) is 16.9. The molecular weight excluding hydrogens is 326 g/mol. The van der Waals surface area contributed by atoms with Crippen molar-refractivity contribution < 1.29 is 9.34 Å². The lowest BCUT2D eigenvalue weighted by molar-refractivity contribution is -0.384. The number of oxazole rings is 1. The van der Waals surface area contributed by atoms with Gasteiger partial charge in [0.1, 0.15) is 0 Å². The summed E-state index contributed by atoms with van der Waals surface area (Å²) in [4.78, 5) is 17.2. The number of hydrogen-bond donors (Lipinski definition) is 0. The van der Waals surface area contributed by atoms with Gasteiger partial charge >= 0.3 is 0 Å². The number of benzene rings is 1. The van der Waals surface area contributed by atoms with E-state index in [4.69, 9.17) is 4.42 Å². The van der Waals surface area contributed by atoms with Gasteiger partial charge in [-0.15, -0.1) is 0 Å². The molecule has 0 unspecified atom stereocenters. The van der Waals surface area contributed by atoms with Crippen LogP contribution in [0.4, 0.5) is 5.69 Å². The molecule has 0 N–H and O–H groups in total. The average Bonchev–Trinajstić information content (AvgIpc) is 3.23. The maximum absolute atomic E-state index is 10.9. The first-order valence-electron chi connectivity index (χ1n) is 8.06. The topological polar surface area (TPSA) is 72.4 Å². The Hall–Kier alpha value is -1.86. The number of aromatic nitrogens is 1. The molecule has 0 aliphatic carbocycles. The predicted octanol–water partition coefficient (Wildman–Crippen LogP) is 3.48. The molecule has 2 aromatic rings. The quantitative estimate of drug-likeness (QED) is 0.564. The van der Waals surface area contributed by atoms with E-state index in [1.54, 1.807) is 18.3 Å². The summed E-state index contributed by atoms with van der Waals surface area (Å²) in [5.74, 6) is 3.29. The molecule has 128 valence electrons. The molecule has 2 heterocycles. The number of rotatable bonds is 7. The van der Waals surface area contributed by atoms with Crippen molar-refractivity contribution in [3.8, 4) is 11.3 Å². The lowest BCUT2D eigenvalue weighted by Crippen LogP contribution is -2.23. The molecule has 6 nitrogen and oxygen atoms in total. The van der Waals surface area contributed by atoms with Gasteiger partial charge in [-0.1, -0.05) is 12.1 Å². The summed E-state index contributed by atoms with van der Waals surface area (Å²) in [6, 6.07) is 6.44. The molecule has 1 atom stereocenters. The number of nitro benzene ring substituents is 1. The summed E-state index contributed by atoms with van der Waals surface area (Å²) in [7, 11) is 0. The van der Waals surface area contributed by atoms with Gasteiger partial charge in [-0.25, -0.2) is 4.98 Å². The van der Waals surface area contributed by atoms with Crippen LogP contribution in [-0.4, -0.2) is 46.5 Å². The van der Waals surface area contributed by atoms with Gasteiger partial charge in [0.15, 0.2) is 11.7 Å². The maximum atomic E-state index is 10.9. The van der Waals surface area contributed by atoms with Gasteiger partial charge in [-0.2, -0.15) is 11.8 Å². The van der Waals surface area contributed by atoms with Crippen molar-refractivity contribution in [1.82, 2.24) is 9.88 Å². The fourth-order valence-electron chi connectivity index (χ4n) is 3.07. The number of nitro groups is 1. The molecule has 1 aliphatic rings. The molecule has 1 aromatic carbocycles. The van der Waals surface area contributed by atoms with Gasteiger partial charge in [0, 0.05) is 37.2 Å². The van der Waals surface area contributed by atoms with Crippen LogP contribution in [-0.2, 0) is 6.42 Å². The average molecular weight is 347 g/mol. The van der Waals surface area contributed by atoms with E-state index < -0.39 is 4.92 Å². The molecular formula is C17H21N3O3S. The molecule has 0 saturated carbocycles. The Morgan fingerprint density at radius 2 is 2.38 bits per heavy atom. The first-order chi connectivity index (χ1) is 11.7. The van der Waals surface area contributed by atoms with Gasteiger partial charge in [0.25, 0.3) is 5.69 Å². The highest BCUT2D eigenvalue weighted by molar-refractivity contribution is 7.98. The maximum Gasteiger partial charge on any atom is 0.270 e. The normalized spacial score (nSPS) is 18.1. The summed E-state index contributed by atoms with van der Waals surface area (Å²) >= 11 is 1.91. The van der Waals surface area contributed by atoms with Crippen LogP contribution in [0.1, 0.15) is 12.3 Å². The van der Waals surface area contributed by atoms with Crippen LogP contribution in [0.25, 0.3) is 11.3 Å². The second-order valence-corrected chi connectivity index (χ2v) is 7.00. The lowest BCUT2D eigenvalue weighted by atomic mass is 10.2. The Bertz CT molecular complexity index is 704. The minimum absolute atomic E-state index is 0.0577. The lowest BCUT2D eigenvalue weighted by Gasteiger charge is -2.14. The molecule has 0 bridgehead atoms. The SMILES string of the molecule is CSC[C@H]1CCN(CCc2ncc(-c3cccc([N+](=O)[O-])c3)o2)C1. The number of likely N-dealkylation sites (tertiary alicyclic amines) is 1. The number of non-ortho nitro benzene ring substituents is 1. The van der Waals surface area contributed by atoms with Crippen molar-refractivity contribution in [1.29, 1.82) is 0 Å². The summed E-state index contributed by atoms with van der Waals surface area (Å²) in [6.45, 7) is 3.24. The second kappa shape index (κ2) is 7.81. The predicted molar refractivity (Wildman–Crippen MR) is 95.2 cm³/mol. The molecule has 0 amide bonds. The van der Waals surface area contributed by atoms with Crippen molar-refractivity contribution in [2.75, 3.05) is 31.6 Å². The Morgan fingerprint density at radius 3 is 3.17 bits per heavy atom. The van der Waals surface area contributed by atoms with Crippen LogP contribution in [0.5, 0.6) is 0 Å². The second-order valence-electron chi connectivity index (χ2n) is 6.09. The van der Waals surface area contributed by atoms with Crippen LogP contribution in [0.15, 0.2) is 34.9 Å². The molecule has 0 spiro atoms. The number of nitrogens with zero attached hydrogens (tertiary/aromatic N) is 3. The molecule has 1 aliphatic heterocycles. The van der Waals surface area contributed by atoms with E-state index in [0.717, 1.165) is 32.0 Å². The fraction of sp³-hybridized carbons (Fsp3) is 0.471. The molecule has 1 fully saturated rings. The monoisotopic (exact) mass is 347 g/mol. The van der Waals surface area contributed by atoms with Crippen LogP contribution in [0.2, 0.25) is 0 Å². The molecule has 1 saturated heterocycles. The Labute approximate surface area is 145 Å². The van der Waals surface area contributed by atoms with Gasteiger partial charge < -0.3 is 9.32 Å². The van der Waals surface area contributed by atoms with E-state index in [1.165, 1.54) is 24.3 Å².